The van der Waals surface area contributed by atoms with Crippen molar-refractivity contribution in [2.75, 3.05) is 11.9 Å². The van der Waals surface area contributed by atoms with Gasteiger partial charge in [-0.3, -0.25) is 9.78 Å². The third-order valence-corrected chi connectivity index (χ3v) is 3.90. The van der Waals surface area contributed by atoms with Crippen LogP contribution in [0.4, 0.5) is 5.69 Å². The van der Waals surface area contributed by atoms with E-state index in [1.807, 2.05) is 38.2 Å². The van der Waals surface area contributed by atoms with Gasteiger partial charge in [0.05, 0.1) is 5.56 Å². The maximum absolute atomic E-state index is 12.6. The molecule has 0 bridgehead atoms. The average Bonchev–Trinajstić information content (AvgIpc) is 2.50. The predicted octanol–water partition coefficient (Wildman–Crippen LogP) is 2.60. The minimum atomic E-state index is -0.0741. The van der Waals surface area contributed by atoms with Crippen molar-refractivity contribution in [3.63, 3.8) is 0 Å². The first kappa shape index (κ1) is 13.8. The average molecular weight is 281 g/mol. The van der Waals surface area contributed by atoms with E-state index < -0.39 is 0 Å². The van der Waals surface area contributed by atoms with Crippen molar-refractivity contribution in [3.05, 3.63) is 58.4 Å². The minimum Gasteiger partial charge on any atom is -0.322 e. The molecule has 0 unspecified atom stereocenters. The zero-order valence-corrected chi connectivity index (χ0v) is 12.4. The van der Waals surface area contributed by atoms with Crippen molar-refractivity contribution in [2.45, 2.75) is 26.8 Å². The third kappa shape index (κ3) is 2.81. The first-order valence-corrected chi connectivity index (χ1v) is 7.20. The molecule has 1 aromatic carbocycles. The summed E-state index contributed by atoms with van der Waals surface area (Å²) in [5.41, 5.74) is 5.99. The number of carbonyl (C=O) groups excluding carboxylic acids is 1. The normalized spacial score (nSPS) is 13.6. The Balaban J connectivity index is 1.91. The number of aromatic nitrogens is 1. The number of fused-ring (bicyclic) bond motifs is 1. The number of nitrogens with zero attached hydrogens (tertiary/aromatic N) is 1. The van der Waals surface area contributed by atoms with E-state index in [9.17, 15) is 4.79 Å². The Morgan fingerprint density at radius 3 is 3.00 bits per heavy atom. The Bertz CT molecular complexity index is 694. The van der Waals surface area contributed by atoms with Gasteiger partial charge in [0.2, 0.25) is 0 Å². The van der Waals surface area contributed by atoms with Gasteiger partial charge in [-0.05, 0) is 55.1 Å². The molecule has 0 spiro atoms. The molecule has 0 aliphatic carbocycles. The van der Waals surface area contributed by atoms with Crippen LogP contribution in [0.1, 0.15) is 32.6 Å². The smallest absolute Gasteiger partial charge is 0.257 e. The summed E-state index contributed by atoms with van der Waals surface area (Å²) >= 11 is 0. The zero-order chi connectivity index (χ0) is 14.8. The number of hydrogen-bond acceptors (Lipinski definition) is 3. The van der Waals surface area contributed by atoms with Crippen molar-refractivity contribution < 1.29 is 4.79 Å². The van der Waals surface area contributed by atoms with Gasteiger partial charge in [0, 0.05) is 24.6 Å². The molecule has 4 nitrogen and oxygen atoms in total. The van der Waals surface area contributed by atoms with Crippen LogP contribution in [0, 0.1) is 13.8 Å². The summed E-state index contributed by atoms with van der Waals surface area (Å²) in [5, 5.41) is 6.32. The molecule has 0 fully saturated rings. The maximum atomic E-state index is 12.6. The molecule has 0 saturated heterocycles. The standard InChI is InChI=1S/C17H19N3O/c1-11-3-4-12(2)16(7-11)20-17(21)15-10-19-9-13-8-18-6-5-14(13)15/h3-4,7,9-10,18H,5-6,8H2,1-2H3,(H,20,21). The van der Waals surface area contributed by atoms with Gasteiger partial charge < -0.3 is 10.6 Å². The fourth-order valence-corrected chi connectivity index (χ4v) is 2.67. The maximum Gasteiger partial charge on any atom is 0.257 e. The molecular weight excluding hydrogens is 262 g/mol. The highest BCUT2D eigenvalue weighted by Crippen LogP contribution is 2.21. The summed E-state index contributed by atoms with van der Waals surface area (Å²) in [6.07, 6.45) is 4.38. The lowest BCUT2D eigenvalue weighted by atomic mass is 9.98. The molecule has 1 aliphatic heterocycles. The van der Waals surface area contributed by atoms with Crippen LogP contribution in [0.5, 0.6) is 0 Å². The molecule has 0 saturated carbocycles. The lowest BCUT2D eigenvalue weighted by Gasteiger charge is -2.19. The third-order valence-electron chi connectivity index (χ3n) is 3.90. The van der Waals surface area contributed by atoms with E-state index >= 15 is 0 Å². The number of benzene rings is 1. The second kappa shape index (κ2) is 5.66. The monoisotopic (exact) mass is 281 g/mol. The van der Waals surface area contributed by atoms with Gasteiger partial charge in [0.1, 0.15) is 0 Å². The van der Waals surface area contributed by atoms with E-state index in [0.717, 1.165) is 47.5 Å². The number of anilines is 1. The quantitative estimate of drug-likeness (QED) is 0.889. The molecule has 2 aromatic rings. The molecule has 108 valence electrons. The van der Waals surface area contributed by atoms with Crippen molar-refractivity contribution in [2.24, 2.45) is 0 Å². The Kier molecular flexibility index (Phi) is 3.71. The van der Waals surface area contributed by atoms with E-state index in [4.69, 9.17) is 0 Å². The zero-order valence-electron chi connectivity index (χ0n) is 12.4. The topological polar surface area (TPSA) is 54.0 Å². The number of hydrogen-bond donors (Lipinski definition) is 2. The van der Waals surface area contributed by atoms with Crippen LogP contribution in [-0.2, 0) is 13.0 Å². The molecule has 1 aliphatic rings. The second-order valence-electron chi connectivity index (χ2n) is 5.52. The second-order valence-corrected chi connectivity index (χ2v) is 5.52. The molecule has 3 rings (SSSR count). The fourth-order valence-electron chi connectivity index (χ4n) is 2.67. The summed E-state index contributed by atoms with van der Waals surface area (Å²) in [5.74, 6) is -0.0741. The highest BCUT2D eigenvalue weighted by Gasteiger charge is 2.18. The van der Waals surface area contributed by atoms with Crippen LogP contribution in [0.3, 0.4) is 0 Å². The summed E-state index contributed by atoms with van der Waals surface area (Å²) in [4.78, 5) is 16.8. The van der Waals surface area contributed by atoms with Gasteiger partial charge >= 0.3 is 0 Å². The van der Waals surface area contributed by atoms with Crippen LogP contribution in [0.2, 0.25) is 0 Å². The van der Waals surface area contributed by atoms with Crippen LogP contribution in [-0.4, -0.2) is 17.4 Å². The molecule has 2 N–H and O–H groups in total. The van der Waals surface area contributed by atoms with Crippen molar-refractivity contribution in [3.8, 4) is 0 Å². The van der Waals surface area contributed by atoms with E-state index in [2.05, 4.69) is 15.6 Å². The summed E-state index contributed by atoms with van der Waals surface area (Å²) in [6.45, 7) is 5.71. The summed E-state index contributed by atoms with van der Waals surface area (Å²) < 4.78 is 0. The Morgan fingerprint density at radius 1 is 1.29 bits per heavy atom. The Hall–Kier alpha value is -2.20. The molecular formula is C17H19N3O. The van der Waals surface area contributed by atoms with Gasteiger partial charge in [-0.1, -0.05) is 12.1 Å². The molecule has 1 amide bonds. The molecule has 0 atom stereocenters. The summed E-state index contributed by atoms with van der Waals surface area (Å²) in [6, 6.07) is 6.06. The van der Waals surface area contributed by atoms with Gasteiger partial charge in [0.25, 0.3) is 5.91 Å². The van der Waals surface area contributed by atoms with Gasteiger partial charge in [-0.25, -0.2) is 0 Å². The Labute approximate surface area is 124 Å². The number of amides is 1. The van der Waals surface area contributed by atoms with Gasteiger partial charge in [-0.2, -0.15) is 0 Å². The SMILES string of the molecule is Cc1ccc(C)c(NC(=O)c2cncc3c2CCNC3)c1. The first-order valence-electron chi connectivity index (χ1n) is 7.20. The van der Waals surface area contributed by atoms with Crippen LogP contribution in [0.15, 0.2) is 30.6 Å². The predicted molar refractivity (Wildman–Crippen MR) is 83.5 cm³/mol. The Morgan fingerprint density at radius 2 is 2.14 bits per heavy atom. The number of aryl methyl sites for hydroxylation is 2. The van der Waals surface area contributed by atoms with Gasteiger partial charge in [0.15, 0.2) is 0 Å². The fraction of sp³-hybridized carbons (Fsp3) is 0.294. The van der Waals surface area contributed by atoms with E-state index in [0.29, 0.717) is 5.56 Å². The van der Waals surface area contributed by atoms with Crippen molar-refractivity contribution in [1.29, 1.82) is 0 Å². The van der Waals surface area contributed by atoms with Crippen LogP contribution >= 0.6 is 0 Å². The number of pyridine rings is 1. The molecule has 2 heterocycles. The lowest BCUT2D eigenvalue weighted by Crippen LogP contribution is -2.27. The molecule has 21 heavy (non-hydrogen) atoms. The lowest BCUT2D eigenvalue weighted by molar-refractivity contribution is 0.102. The largest absolute Gasteiger partial charge is 0.322 e. The summed E-state index contributed by atoms with van der Waals surface area (Å²) in [7, 11) is 0. The first-order chi connectivity index (χ1) is 10.1. The van der Waals surface area contributed by atoms with Crippen molar-refractivity contribution >= 4 is 11.6 Å². The number of carbonyl (C=O) groups is 1. The van der Waals surface area contributed by atoms with Gasteiger partial charge in [-0.15, -0.1) is 0 Å². The highest BCUT2D eigenvalue weighted by atomic mass is 16.1. The van der Waals surface area contributed by atoms with Crippen LogP contribution < -0.4 is 10.6 Å². The number of nitrogens with one attached hydrogen (secondary N) is 2. The van der Waals surface area contributed by atoms with E-state index in [1.54, 1.807) is 6.20 Å². The molecule has 4 heteroatoms. The highest BCUT2D eigenvalue weighted by molar-refractivity contribution is 6.05. The minimum absolute atomic E-state index is 0.0741. The van der Waals surface area contributed by atoms with E-state index in [-0.39, 0.29) is 5.91 Å². The van der Waals surface area contributed by atoms with Crippen LogP contribution in [0.25, 0.3) is 0 Å². The molecule has 0 radical (unpaired) electrons. The number of rotatable bonds is 2. The van der Waals surface area contributed by atoms with Crippen molar-refractivity contribution in [1.82, 2.24) is 10.3 Å². The van der Waals surface area contributed by atoms with E-state index in [1.165, 1.54) is 0 Å². The molecule has 1 aromatic heterocycles.